The van der Waals surface area contributed by atoms with Crippen LogP contribution in [0.3, 0.4) is 0 Å². The van der Waals surface area contributed by atoms with Crippen LogP contribution in [-0.2, 0) is 0 Å². The highest BCUT2D eigenvalue weighted by Crippen LogP contribution is 2.25. The zero-order valence-electron chi connectivity index (χ0n) is 11.2. The van der Waals surface area contributed by atoms with Crippen molar-refractivity contribution < 1.29 is 0 Å². The van der Waals surface area contributed by atoms with Gasteiger partial charge in [-0.3, -0.25) is 0 Å². The average molecular weight is 331 g/mol. The van der Waals surface area contributed by atoms with Crippen molar-refractivity contribution in [3.63, 3.8) is 0 Å². The Morgan fingerprint density at radius 3 is 2.55 bits per heavy atom. The highest BCUT2D eigenvalue weighted by atomic mass is 35.5. The maximum absolute atomic E-state index is 5.89. The van der Waals surface area contributed by atoms with Crippen molar-refractivity contribution in [1.82, 2.24) is 15.0 Å². The molecule has 0 fully saturated rings. The molecule has 22 heavy (non-hydrogen) atoms. The lowest BCUT2D eigenvalue weighted by atomic mass is 10.1. The summed E-state index contributed by atoms with van der Waals surface area (Å²) in [5.41, 5.74) is 6.27. The molecule has 0 spiro atoms. The van der Waals surface area contributed by atoms with Gasteiger partial charge in [-0.05, 0) is 35.3 Å². The van der Waals surface area contributed by atoms with Gasteiger partial charge in [0.15, 0.2) is 5.11 Å². The fourth-order valence-corrected chi connectivity index (χ4v) is 2.28. The van der Waals surface area contributed by atoms with E-state index in [2.05, 4.69) is 25.6 Å². The van der Waals surface area contributed by atoms with Crippen LogP contribution in [0.5, 0.6) is 0 Å². The quantitative estimate of drug-likeness (QED) is 0.636. The van der Waals surface area contributed by atoms with Crippen LogP contribution in [0, 0.1) is 0 Å². The predicted octanol–water partition coefficient (Wildman–Crippen LogP) is 3.08. The number of halogens is 1. The molecule has 110 valence electrons. The first-order valence-electron chi connectivity index (χ1n) is 6.34. The van der Waals surface area contributed by atoms with E-state index < -0.39 is 0 Å². The lowest BCUT2D eigenvalue weighted by molar-refractivity contribution is 1.06. The van der Waals surface area contributed by atoms with Crippen molar-refractivity contribution in [1.29, 1.82) is 0 Å². The summed E-state index contributed by atoms with van der Waals surface area (Å²) in [6.07, 6.45) is 0. The first kappa shape index (κ1) is 14.4. The Bertz CT molecular complexity index is 848. The van der Waals surface area contributed by atoms with Crippen LogP contribution in [0.25, 0.3) is 10.8 Å². The predicted molar refractivity (Wildman–Crippen MR) is 92.5 cm³/mol. The number of fused-ring (bicyclic) bond motifs is 1. The molecule has 0 radical (unpaired) electrons. The lowest BCUT2D eigenvalue weighted by Gasteiger charge is -2.09. The third kappa shape index (κ3) is 3.21. The highest BCUT2D eigenvalue weighted by Gasteiger charge is 2.07. The number of aromatic nitrogens is 3. The zero-order valence-corrected chi connectivity index (χ0v) is 12.8. The summed E-state index contributed by atoms with van der Waals surface area (Å²) in [5, 5.41) is 8.01. The third-order valence-corrected chi connectivity index (χ3v) is 3.15. The van der Waals surface area contributed by atoms with Gasteiger partial charge in [0.05, 0.1) is 0 Å². The van der Waals surface area contributed by atoms with E-state index in [9.17, 15) is 0 Å². The molecule has 8 heteroatoms. The van der Waals surface area contributed by atoms with E-state index >= 15 is 0 Å². The SMILES string of the molecule is NC(=S)Nc1nc(Cl)nc(Nc2cccc3ccccc23)n1. The van der Waals surface area contributed by atoms with E-state index in [1.54, 1.807) is 0 Å². The summed E-state index contributed by atoms with van der Waals surface area (Å²) in [7, 11) is 0. The van der Waals surface area contributed by atoms with Crippen molar-refractivity contribution in [2.45, 2.75) is 0 Å². The minimum Gasteiger partial charge on any atom is -0.376 e. The molecule has 4 N–H and O–H groups in total. The Hall–Kier alpha value is -2.51. The average Bonchev–Trinajstić information content (AvgIpc) is 2.46. The summed E-state index contributed by atoms with van der Waals surface area (Å²) < 4.78 is 0. The van der Waals surface area contributed by atoms with Crippen molar-refractivity contribution in [2.75, 3.05) is 10.6 Å². The molecule has 2 aromatic carbocycles. The number of nitrogens with one attached hydrogen (secondary N) is 2. The number of thiocarbonyl (C=S) groups is 1. The Morgan fingerprint density at radius 1 is 1.00 bits per heavy atom. The minimum absolute atomic E-state index is 0.0384. The summed E-state index contributed by atoms with van der Waals surface area (Å²) in [6, 6.07) is 13.9. The molecule has 0 saturated heterocycles. The third-order valence-electron chi connectivity index (χ3n) is 2.88. The Balaban J connectivity index is 1.98. The number of hydrogen-bond donors (Lipinski definition) is 3. The number of nitrogens with two attached hydrogens (primary N) is 1. The van der Waals surface area contributed by atoms with Crippen LogP contribution in [0.2, 0.25) is 5.28 Å². The van der Waals surface area contributed by atoms with Crippen molar-refractivity contribution in [2.24, 2.45) is 5.73 Å². The van der Waals surface area contributed by atoms with Gasteiger partial charge in [-0.2, -0.15) is 15.0 Å². The first-order chi connectivity index (χ1) is 10.6. The molecule has 6 nitrogen and oxygen atoms in total. The Labute approximate surface area is 136 Å². The molecular formula is C14H11ClN6S. The van der Waals surface area contributed by atoms with Gasteiger partial charge in [-0.15, -0.1) is 0 Å². The first-order valence-corrected chi connectivity index (χ1v) is 7.13. The van der Waals surface area contributed by atoms with Gasteiger partial charge in [-0.25, -0.2) is 0 Å². The normalized spacial score (nSPS) is 10.4. The molecule has 3 aromatic rings. The molecule has 0 aliphatic carbocycles. The topological polar surface area (TPSA) is 88.8 Å². The van der Waals surface area contributed by atoms with E-state index in [0.717, 1.165) is 16.5 Å². The Morgan fingerprint density at radius 2 is 1.73 bits per heavy atom. The summed E-state index contributed by atoms with van der Waals surface area (Å²) in [6.45, 7) is 0. The van der Waals surface area contributed by atoms with Gasteiger partial charge >= 0.3 is 0 Å². The summed E-state index contributed by atoms with van der Waals surface area (Å²) in [4.78, 5) is 12.1. The van der Waals surface area contributed by atoms with E-state index in [0.29, 0.717) is 5.95 Å². The molecule has 0 bridgehead atoms. The van der Waals surface area contributed by atoms with Gasteiger partial charge < -0.3 is 16.4 Å². The second kappa shape index (κ2) is 6.08. The lowest BCUT2D eigenvalue weighted by Crippen LogP contribution is -2.21. The smallest absolute Gasteiger partial charge is 0.235 e. The van der Waals surface area contributed by atoms with Crippen LogP contribution >= 0.6 is 23.8 Å². The monoisotopic (exact) mass is 330 g/mol. The van der Waals surface area contributed by atoms with Crippen molar-refractivity contribution in [3.8, 4) is 0 Å². The standard InChI is InChI=1S/C14H11ClN6S/c15-11-18-13(21-14(19-11)20-12(16)22)17-10-7-3-5-8-4-1-2-6-9(8)10/h1-7H,(H4,16,17,18,19,20,21,22). The van der Waals surface area contributed by atoms with Crippen LogP contribution < -0.4 is 16.4 Å². The number of nitrogens with zero attached hydrogens (tertiary/aromatic N) is 3. The van der Waals surface area contributed by atoms with E-state index in [1.807, 2.05) is 42.5 Å². The highest BCUT2D eigenvalue weighted by molar-refractivity contribution is 7.80. The second-order valence-electron chi connectivity index (χ2n) is 4.39. The van der Waals surface area contributed by atoms with E-state index in [1.165, 1.54) is 0 Å². The van der Waals surface area contributed by atoms with Gasteiger partial charge in [0, 0.05) is 11.1 Å². The molecule has 1 heterocycles. The molecular weight excluding hydrogens is 320 g/mol. The van der Waals surface area contributed by atoms with Gasteiger partial charge in [0.1, 0.15) is 0 Å². The molecule has 0 aliphatic heterocycles. The van der Waals surface area contributed by atoms with Crippen molar-refractivity contribution >= 4 is 57.3 Å². The minimum atomic E-state index is 0.0384. The number of hydrogen-bond acceptors (Lipinski definition) is 5. The number of rotatable bonds is 3. The van der Waals surface area contributed by atoms with Gasteiger partial charge in [-0.1, -0.05) is 36.4 Å². The molecule has 0 amide bonds. The van der Waals surface area contributed by atoms with Gasteiger partial charge in [0.25, 0.3) is 0 Å². The number of anilines is 3. The molecule has 3 rings (SSSR count). The maximum atomic E-state index is 5.89. The van der Waals surface area contributed by atoms with Gasteiger partial charge in [0.2, 0.25) is 17.2 Å². The summed E-state index contributed by atoms with van der Waals surface area (Å²) >= 11 is 10.7. The van der Waals surface area contributed by atoms with Crippen molar-refractivity contribution in [3.05, 3.63) is 47.7 Å². The second-order valence-corrected chi connectivity index (χ2v) is 5.17. The maximum Gasteiger partial charge on any atom is 0.235 e. The number of benzene rings is 2. The summed E-state index contributed by atoms with van der Waals surface area (Å²) in [5.74, 6) is 0.491. The zero-order chi connectivity index (χ0) is 15.5. The molecule has 0 saturated carbocycles. The fourth-order valence-electron chi connectivity index (χ4n) is 2.03. The largest absolute Gasteiger partial charge is 0.376 e. The van der Waals surface area contributed by atoms with Crippen LogP contribution in [0.15, 0.2) is 42.5 Å². The van der Waals surface area contributed by atoms with Crippen LogP contribution in [0.4, 0.5) is 17.6 Å². The molecule has 0 aliphatic rings. The van der Waals surface area contributed by atoms with Crippen LogP contribution in [0.1, 0.15) is 0 Å². The molecule has 1 aromatic heterocycles. The van der Waals surface area contributed by atoms with E-state index in [4.69, 9.17) is 29.6 Å². The Kier molecular flexibility index (Phi) is 3.99. The van der Waals surface area contributed by atoms with Crippen LogP contribution in [-0.4, -0.2) is 20.1 Å². The molecule has 0 unspecified atom stereocenters. The van der Waals surface area contributed by atoms with E-state index in [-0.39, 0.29) is 16.3 Å². The fraction of sp³-hybridized carbons (Fsp3) is 0. The molecule has 0 atom stereocenters.